The smallest absolute Gasteiger partial charge is 0.166 e. The van der Waals surface area contributed by atoms with Crippen LogP contribution in [0.4, 0.5) is 14.6 Å². The summed E-state index contributed by atoms with van der Waals surface area (Å²) in [5, 5.41) is 8.55. The van der Waals surface area contributed by atoms with Crippen LogP contribution in [0.25, 0.3) is 0 Å². The number of nitrogens with zero attached hydrogens (tertiary/aromatic N) is 6. The molecular weight excluding hydrogens is 432 g/mol. The number of hydrogen-bond acceptors (Lipinski definition) is 7. The highest BCUT2D eigenvalue weighted by atomic mass is 32.2. The van der Waals surface area contributed by atoms with Crippen molar-refractivity contribution in [1.29, 1.82) is 0 Å². The van der Waals surface area contributed by atoms with Crippen molar-refractivity contribution in [3.63, 3.8) is 0 Å². The summed E-state index contributed by atoms with van der Waals surface area (Å²) in [6, 6.07) is 1.09. The fourth-order valence-electron chi connectivity index (χ4n) is 5.03. The molecule has 0 aromatic carbocycles. The van der Waals surface area contributed by atoms with Crippen molar-refractivity contribution in [1.82, 2.24) is 20.1 Å². The summed E-state index contributed by atoms with van der Waals surface area (Å²) in [4.78, 5) is 15.3. The van der Waals surface area contributed by atoms with E-state index in [4.69, 9.17) is 0 Å². The van der Waals surface area contributed by atoms with Gasteiger partial charge in [0.15, 0.2) is 11.6 Å². The largest absolute Gasteiger partial charge is 0.354 e. The van der Waals surface area contributed by atoms with Gasteiger partial charge in [-0.05, 0) is 30.7 Å². The molecule has 0 amide bonds. The van der Waals surface area contributed by atoms with Gasteiger partial charge in [0, 0.05) is 36.5 Å². The number of halogens is 2. The number of aromatic nitrogens is 3. The topological polar surface area (TPSA) is 70.7 Å². The van der Waals surface area contributed by atoms with E-state index in [2.05, 4.69) is 25.4 Å². The summed E-state index contributed by atoms with van der Waals surface area (Å²) in [6.07, 6.45) is 10.8. The van der Waals surface area contributed by atoms with Crippen molar-refractivity contribution < 1.29 is 8.78 Å². The normalized spacial score (nSPS) is 26.8. The fraction of sp³-hybridized carbons (Fsp3) is 0.455. The Morgan fingerprint density at radius 2 is 2.28 bits per heavy atom. The first-order valence-electron chi connectivity index (χ1n) is 10.9. The zero-order valence-corrected chi connectivity index (χ0v) is 18.2. The quantitative estimate of drug-likeness (QED) is 0.749. The Balaban J connectivity index is 1.20. The van der Waals surface area contributed by atoms with Crippen molar-refractivity contribution in [2.45, 2.75) is 30.0 Å². The fourth-order valence-corrected chi connectivity index (χ4v) is 6.05. The van der Waals surface area contributed by atoms with E-state index < -0.39 is 12.7 Å². The number of alkyl halides is 1. The van der Waals surface area contributed by atoms with Crippen molar-refractivity contribution in [2.75, 3.05) is 30.4 Å². The van der Waals surface area contributed by atoms with Crippen molar-refractivity contribution in [3.05, 3.63) is 47.7 Å². The first-order valence-corrected chi connectivity index (χ1v) is 11.9. The average molecular weight is 456 g/mol. The van der Waals surface area contributed by atoms with E-state index in [9.17, 15) is 8.78 Å². The lowest BCUT2D eigenvalue weighted by Gasteiger charge is -2.23. The molecule has 7 nitrogen and oxygen atoms in total. The average Bonchev–Trinajstić information content (AvgIpc) is 3.59. The molecule has 2 aromatic heterocycles. The minimum absolute atomic E-state index is 0.0230. The second kappa shape index (κ2) is 7.99. The maximum Gasteiger partial charge on any atom is 0.166 e. The van der Waals surface area contributed by atoms with Gasteiger partial charge in [-0.3, -0.25) is 9.67 Å². The van der Waals surface area contributed by atoms with Crippen molar-refractivity contribution >= 4 is 29.8 Å². The van der Waals surface area contributed by atoms with Gasteiger partial charge in [-0.2, -0.15) is 5.10 Å². The highest BCUT2D eigenvalue weighted by molar-refractivity contribution is 7.99. The maximum absolute atomic E-state index is 14.7. The van der Waals surface area contributed by atoms with E-state index in [1.807, 2.05) is 23.4 Å². The van der Waals surface area contributed by atoms with Crippen LogP contribution in [0.15, 0.2) is 45.7 Å². The summed E-state index contributed by atoms with van der Waals surface area (Å²) in [6.45, 7) is 0.694. The third-order valence-corrected chi connectivity index (χ3v) is 7.79. The number of aryl methyl sites for hydroxylation is 1. The monoisotopic (exact) mass is 455 g/mol. The number of rotatable bonds is 5. The lowest BCUT2D eigenvalue weighted by Crippen LogP contribution is -2.28. The van der Waals surface area contributed by atoms with E-state index in [0.29, 0.717) is 18.9 Å². The summed E-state index contributed by atoms with van der Waals surface area (Å²) in [5.74, 6) is 2.00. The molecular formula is C22H23F2N7S. The molecule has 0 saturated carbocycles. The lowest BCUT2D eigenvalue weighted by atomic mass is 9.95. The van der Waals surface area contributed by atoms with Gasteiger partial charge in [-0.15, -0.1) is 11.8 Å². The van der Waals surface area contributed by atoms with Gasteiger partial charge in [0.05, 0.1) is 24.2 Å². The Hall–Kier alpha value is -2.75. The summed E-state index contributed by atoms with van der Waals surface area (Å²) < 4.78 is 30.6. The third-order valence-electron chi connectivity index (χ3n) is 6.75. The van der Waals surface area contributed by atoms with Crippen LogP contribution in [0.5, 0.6) is 0 Å². The van der Waals surface area contributed by atoms with E-state index in [-0.39, 0.29) is 23.7 Å². The van der Waals surface area contributed by atoms with Gasteiger partial charge in [0.1, 0.15) is 23.9 Å². The van der Waals surface area contributed by atoms with Crippen LogP contribution in [0.1, 0.15) is 29.6 Å². The number of pyridine rings is 1. The molecule has 6 rings (SSSR count). The SMILES string of the molecule is FCC([C@H]1CCN(c2nc3c(cc2F)CCS3)C1)n1cc(C2N=CN=C3NC=CC32)cn1. The predicted octanol–water partition coefficient (Wildman–Crippen LogP) is 3.32. The van der Waals surface area contributed by atoms with Gasteiger partial charge >= 0.3 is 0 Å². The van der Waals surface area contributed by atoms with Gasteiger partial charge in [-0.25, -0.2) is 18.8 Å². The molecule has 0 spiro atoms. The zero-order chi connectivity index (χ0) is 21.7. The van der Waals surface area contributed by atoms with E-state index in [1.54, 1.807) is 35.0 Å². The second-order valence-corrected chi connectivity index (χ2v) is 9.66. The number of aliphatic imine (C=N–C) groups is 2. The first kappa shape index (κ1) is 19.9. The zero-order valence-electron chi connectivity index (χ0n) is 17.4. The number of anilines is 1. The molecule has 32 heavy (non-hydrogen) atoms. The number of hydrogen-bond donors (Lipinski definition) is 1. The molecule has 4 atom stereocenters. The molecule has 1 fully saturated rings. The molecule has 1 N–H and O–H groups in total. The first-order chi connectivity index (χ1) is 15.7. The predicted molar refractivity (Wildman–Crippen MR) is 121 cm³/mol. The molecule has 6 heterocycles. The van der Waals surface area contributed by atoms with Gasteiger partial charge in [0.25, 0.3) is 0 Å². The van der Waals surface area contributed by atoms with Gasteiger partial charge in [-0.1, -0.05) is 6.08 Å². The lowest BCUT2D eigenvalue weighted by molar-refractivity contribution is 0.256. The Labute approximate surface area is 188 Å². The number of thioether (sulfide) groups is 1. The number of fused-ring (bicyclic) bond motifs is 2. The third kappa shape index (κ3) is 3.32. The Bertz CT molecular complexity index is 1130. The molecule has 4 aliphatic rings. The molecule has 1 saturated heterocycles. The maximum atomic E-state index is 14.7. The van der Waals surface area contributed by atoms with Gasteiger partial charge in [0.2, 0.25) is 0 Å². The molecule has 10 heteroatoms. The Morgan fingerprint density at radius 3 is 3.19 bits per heavy atom. The molecule has 166 valence electrons. The minimum atomic E-state index is -0.527. The summed E-state index contributed by atoms with van der Waals surface area (Å²) in [7, 11) is 0. The Kier molecular flexibility index (Phi) is 4.97. The Morgan fingerprint density at radius 1 is 1.34 bits per heavy atom. The molecule has 0 bridgehead atoms. The summed E-state index contributed by atoms with van der Waals surface area (Å²) in [5.41, 5.74) is 1.92. The van der Waals surface area contributed by atoms with Crippen molar-refractivity contribution in [3.8, 4) is 0 Å². The highest BCUT2D eigenvalue weighted by Gasteiger charge is 2.35. The van der Waals surface area contributed by atoms with Crippen LogP contribution in [0, 0.1) is 17.7 Å². The minimum Gasteiger partial charge on any atom is -0.354 e. The molecule has 4 aliphatic heterocycles. The van der Waals surface area contributed by atoms with Crippen LogP contribution in [0.2, 0.25) is 0 Å². The van der Waals surface area contributed by atoms with Crippen LogP contribution >= 0.6 is 11.8 Å². The standard InChI is InChI=1S/C22H23F2N7S/c23-8-18(31-11-15(9-28-31)19-16-1-4-25-20(16)27-12-26-19)14-2-5-30(10-14)21-17(24)7-13-3-6-32-22(13)29-21/h1,4,7,9,11-12,14,16,18-19H,2-3,5-6,8,10H2,(H,25,26,27)/t14-,16?,18?,19?/m0/s1. The number of nitrogens with one attached hydrogen (secondary N) is 1. The molecule has 0 aliphatic carbocycles. The highest BCUT2D eigenvalue weighted by Crippen LogP contribution is 2.37. The van der Waals surface area contributed by atoms with Crippen molar-refractivity contribution in [2.24, 2.45) is 21.8 Å². The van der Waals surface area contributed by atoms with Crippen LogP contribution in [0.3, 0.4) is 0 Å². The molecule has 3 unspecified atom stereocenters. The molecule has 0 radical (unpaired) electrons. The van der Waals surface area contributed by atoms with Crippen LogP contribution < -0.4 is 10.2 Å². The van der Waals surface area contributed by atoms with Crippen LogP contribution in [-0.2, 0) is 6.42 Å². The van der Waals surface area contributed by atoms with Gasteiger partial charge < -0.3 is 10.2 Å². The molecule has 2 aromatic rings. The van der Waals surface area contributed by atoms with E-state index >= 15 is 0 Å². The second-order valence-electron chi connectivity index (χ2n) is 8.58. The summed E-state index contributed by atoms with van der Waals surface area (Å²) >= 11 is 1.67. The number of amidine groups is 1. The van der Waals surface area contributed by atoms with E-state index in [1.165, 1.54) is 0 Å². The van der Waals surface area contributed by atoms with E-state index in [0.717, 1.165) is 40.6 Å². The van der Waals surface area contributed by atoms with Crippen LogP contribution in [-0.4, -0.2) is 52.5 Å².